The van der Waals surface area contributed by atoms with Crippen molar-refractivity contribution >= 4 is 0 Å². The van der Waals surface area contributed by atoms with Crippen LogP contribution in [0.3, 0.4) is 0 Å². The molecule has 0 bridgehead atoms. The number of unbranched alkanes of at least 4 members (excludes halogenated alkanes) is 3. The molecule has 0 aliphatic carbocycles. The summed E-state index contributed by atoms with van der Waals surface area (Å²) in [6.07, 6.45) is 6.88. The molecule has 120 valence electrons. The van der Waals surface area contributed by atoms with Crippen LogP contribution in [-0.4, -0.2) is 18.6 Å². The number of nitrogens with zero attached hydrogens (tertiary/aromatic N) is 1. The molecule has 3 nitrogen and oxygen atoms in total. The Morgan fingerprint density at radius 2 is 1.82 bits per heavy atom. The highest BCUT2D eigenvalue weighted by atomic mass is 16.5. The highest BCUT2D eigenvalue weighted by Crippen LogP contribution is 2.16. The molecule has 0 amide bonds. The lowest BCUT2D eigenvalue weighted by molar-refractivity contribution is 0.230. The Kier molecular flexibility index (Phi) is 7.04. The van der Waals surface area contributed by atoms with Gasteiger partial charge in [-0.05, 0) is 42.8 Å². The zero-order valence-corrected chi connectivity index (χ0v) is 13.8. The van der Waals surface area contributed by atoms with Crippen LogP contribution in [-0.2, 0) is 13.1 Å². The normalized spacial score (nSPS) is 11.0. The Labute approximate surface area is 133 Å². The Hall–Kier alpha value is -1.74. The van der Waals surface area contributed by atoms with E-state index in [2.05, 4.69) is 24.0 Å². The molecule has 22 heavy (non-hydrogen) atoms. The second-order valence-electron chi connectivity index (χ2n) is 5.70. The van der Waals surface area contributed by atoms with Crippen LogP contribution >= 0.6 is 0 Å². The van der Waals surface area contributed by atoms with E-state index in [9.17, 15) is 0 Å². The fraction of sp³-hybridized carbons (Fsp3) is 0.474. The first-order valence-electron chi connectivity index (χ1n) is 8.19. The molecule has 3 heteroatoms. The van der Waals surface area contributed by atoms with Crippen molar-refractivity contribution in [2.45, 2.75) is 45.7 Å². The maximum absolute atomic E-state index is 5.50. The molecule has 0 unspecified atom stereocenters. The summed E-state index contributed by atoms with van der Waals surface area (Å²) in [5.41, 5.74) is 1.31. The molecule has 2 aromatic rings. The van der Waals surface area contributed by atoms with Gasteiger partial charge in [-0.15, -0.1) is 0 Å². The van der Waals surface area contributed by atoms with Gasteiger partial charge in [-0.2, -0.15) is 0 Å². The third-order valence-corrected chi connectivity index (χ3v) is 3.85. The number of methoxy groups -OCH3 is 1. The van der Waals surface area contributed by atoms with E-state index in [0.717, 1.165) is 31.1 Å². The van der Waals surface area contributed by atoms with E-state index in [0.29, 0.717) is 0 Å². The third kappa shape index (κ3) is 5.57. The number of hydrogen-bond acceptors (Lipinski definition) is 3. The lowest BCUT2D eigenvalue weighted by Crippen LogP contribution is -2.23. The summed E-state index contributed by atoms with van der Waals surface area (Å²) < 4.78 is 10.7. The van der Waals surface area contributed by atoms with Crippen LogP contribution in [0.25, 0.3) is 0 Å². The van der Waals surface area contributed by atoms with Gasteiger partial charge in [0.25, 0.3) is 0 Å². The minimum Gasteiger partial charge on any atom is -0.497 e. The molecule has 0 saturated heterocycles. The van der Waals surface area contributed by atoms with E-state index in [1.165, 1.54) is 31.2 Å². The van der Waals surface area contributed by atoms with Gasteiger partial charge in [0.2, 0.25) is 0 Å². The summed E-state index contributed by atoms with van der Waals surface area (Å²) in [6, 6.07) is 12.3. The summed E-state index contributed by atoms with van der Waals surface area (Å²) in [5, 5.41) is 0. The number of hydrogen-bond donors (Lipinski definition) is 0. The first-order valence-corrected chi connectivity index (χ1v) is 8.19. The van der Waals surface area contributed by atoms with Gasteiger partial charge < -0.3 is 9.15 Å². The average Bonchev–Trinajstić information content (AvgIpc) is 3.05. The van der Waals surface area contributed by atoms with Crippen molar-refractivity contribution in [2.24, 2.45) is 0 Å². The SMILES string of the molecule is CCCCCCN(Cc1ccc(OC)cc1)Cc1ccco1. The number of rotatable bonds is 10. The lowest BCUT2D eigenvalue weighted by atomic mass is 10.1. The fourth-order valence-electron chi connectivity index (χ4n) is 2.59. The summed E-state index contributed by atoms with van der Waals surface area (Å²) in [5.74, 6) is 1.94. The van der Waals surface area contributed by atoms with Gasteiger partial charge in [0, 0.05) is 6.54 Å². The lowest BCUT2D eigenvalue weighted by Gasteiger charge is -2.21. The minimum atomic E-state index is 0.866. The van der Waals surface area contributed by atoms with Crippen LogP contribution in [0, 0.1) is 0 Å². The van der Waals surface area contributed by atoms with Gasteiger partial charge in [0.1, 0.15) is 11.5 Å². The van der Waals surface area contributed by atoms with E-state index < -0.39 is 0 Å². The van der Waals surface area contributed by atoms with Crippen LogP contribution in [0.2, 0.25) is 0 Å². The van der Waals surface area contributed by atoms with Crippen molar-refractivity contribution < 1.29 is 9.15 Å². The van der Waals surface area contributed by atoms with E-state index >= 15 is 0 Å². The predicted octanol–water partition coefficient (Wildman–Crippen LogP) is 4.87. The molecule has 0 radical (unpaired) electrons. The fourth-order valence-corrected chi connectivity index (χ4v) is 2.59. The van der Waals surface area contributed by atoms with Gasteiger partial charge in [-0.25, -0.2) is 0 Å². The summed E-state index contributed by atoms with van der Waals surface area (Å²) >= 11 is 0. The van der Waals surface area contributed by atoms with E-state index in [1.54, 1.807) is 13.4 Å². The summed E-state index contributed by atoms with van der Waals surface area (Å²) in [7, 11) is 1.70. The van der Waals surface area contributed by atoms with Gasteiger partial charge in [-0.1, -0.05) is 38.3 Å². The molecule has 1 heterocycles. The highest BCUT2D eigenvalue weighted by Gasteiger charge is 2.09. The molecular weight excluding hydrogens is 274 g/mol. The topological polar surface area (TPSA) is 25.6 Å². The molecule has 1 aromatic heterocycles. The molecule has 0 atom stereocenters. The molecule has 0 aliphatic rings. The van der Waals surface area contributed by atoms with E-state index in [4.69, 9.17) is 9.15 Å². The Morgan fingerprint density at radius 3 is 2.45 bits per heavy atom. The van der Waals surface area contributed by atoms with Crippen molar-refractivity contribution in [3.63, 3.8) is 0 Å². The van der Waals surface area contributed by atoms with Gasteiger partial charge in [-0.3, -0.25) is 4.90 Å². The van der Waals surface area contributed by atoms with Gasteiger partial charge in [0.05, 0.1) is 19.9 Å². The van der Waals surface area contributed by atoms with E-state index in [-0.39, 0.29) is 0 Å². The van der Waals surface area contributed by atoms with Gasteiger partial charge in [0.15, 0.2) is 0 Å². The largest absolute Gasteiger partial charge is 0.497 e. The van der Waals surface area contributed by atoms with Crippen molar-refractivity contribution in [3.05, 3.63) is 54.0 Å². The summed E-state index contributed by atoms with van der Waals surface area (Å²) in [6.45, 7) is 5.16. The van der Waals surface area contributed by atoms with E-state index in [1.807, 2.05) is 24.3 Å². The smallest absolute Gasteiger partial charge is 0.118 e. The first-order chi connectivity index (χ1) is 10.8. The Balaban J connectivity index is 1.92. The molecule has 0 N–H and O–H groups in total. The van der Waals surface area contributed by atoms with Crippen molar-refractivity contribution in [1.82, 2.24) is 4.90 Å². The first kappa shape index (κ1) is 16.6. The van der Waals surface area contributed by atoms with Crippen LogP contribution < -0.4 is 4.74 Å². The maximum atomic E-state index is 5.50. The van der Waals surface area contributed by atoms with Crippen LogP contribution in [0.5, 0.6) is 5.75 Å². The molecule has 0 aliphatic heterocycles. The molecule has 1 aromatic carbocycles. The average molecular weight is 301 g/mol. The zero-order valence-electron chi connectivity index (χ0n) is 13.8. The Morgan fingerprint density at radius 1 is 1.00 bits per heavy atom. The second kappa shape index (κ2) is 9.31. The van der Waals surface area contributed by atoms with Crippen LogP contribution in [0.1, 0.15) is 43.9 Å². The molecular formula is C19H27NO2. The van der Waals surface area contributed by atoms with Crippen LogP contribution in [0.4, 0.5) is 0 Å². The molecule has 0 saturated carbocycles. The summed E-state index contributed by atoms with van der Waals surface area (Å²) in [4.78, 5) is 2.45. The van der Waals surface area contributed by atoms with Crippen molar-refractivity contribution in [1.29, 1.82) is 0 Å². The quantitative estimate of drug-likeness (QED) is 0.585. The number of furan rings is 1. The standard InChI is InChI=1S/C19H27NO2/c1-3-4-5-6-13-20(16-19-8-7-14-22-19)15-17-9-11-18(21-2)12-10-17/h7-12,14H,3-6,13,15-16H2,1-2H3. The monoisotopic (exact) mass is 301 g/mol. The van der Waals surface area contributed by atoms with Gasteiger partial charge >= 0.3 is 0 Å². The van der Waals surface area contributed by atoms with Crippen LogP contribution in [0.15, 0.2) is 47.1 Å². The second-order valence-corrected chi connectivity index (χ2v) is 5.70. The Bertz CT molecular complexity index is 505. The van der Waals surface area contributed by atoms with Crippen molar-refractivity contribution in [2.75, 3.05) is 13.7 Å². The minimum absolute atomic E-state index is 0.866. The molecule has 2 rings (SSSR count). The van der Waals surface area contributed by atoms with Crippen molar-refractivity contribution in [3.8, 4) is 5.75 Å². The number of benzene rings is 1. The number of ether oxygens (including phenoxy) is 1. The molecule has 0 fully saturated rings. The highest BCUT2D eigenvalue weighted by molar-refractivity contribution is 5.27. The third-order valence-electron chi connectivity index (χ3n) is 3.85. The molecule has 0 spiro atoms. The zero-order chi connectivity index (χ0) is 15.6. The predicted molar refractivity (Wildman–Crippen MR) is 90.0 cm³/mol. The maximum Gasteiger partial charge on any atom is 0.118 e.